The fourth-order valence-corrected chi connectivity index (χ4v) is 5.37. The molecule has 0 saturated carbocycles. The van der Waals surface area contributed by atoms with E-state index in [-0.39, 0.29) is 23.9 Å². The molecule has 178 valence electrons. The number of likely N-dealkylation sites (tertiary alicyclic amines) is 1. The fraction of sp³-hybridized carbons (Fsp3) is 0.286. The number of nitrogen functional groups attached to an aromatic ring is 1. The first kappa shape index (κ1) is 22.1. The van der Waals surface area contributed by atoms with E-state index in [1.165, 1.54) is 17.2 Å². The second kappa shape index (κ2) is 9.00. The van der Waals surface area contributed by atoms with Crippen molar-refractivity contribution < 1.29 is 9.50 Å². The van der Waals surface area contributed by atoms with E-state index >= 15 is 0 Å². The Morgan fingerprint density at radius 1 is 1.03 bits per heavy atom. The summed E-state index contributed by atoms with van der Waals surface area (Å²) in [6.45, 7) is 3.15. The summed E-state index contributed by atoms with van der Waals surface area (Å²) in [5.74, 6) is -0.0248. The molecule has 0 radical (unpaired) electrons. The van der Waals surface area contributed by atoms with Crippen molar-refractivity contribution in [2.24, 2.45) is 0 Å². The van der Waals surface area contributed by atoms with Crippen LogP contribution in [0.5, 0.6) is 0 Å². The lowest BCUT2D eigenvalue weighted by Gasteiger charge is -2.30. The van der Waals surface area contributed by atoms with Gasteiger partial charge in [-0.25, -0.2) is 14.4 Å². The number of hydrogen-bond acceptors (Lipinski definition) is 6. The number of aliphatic hydroxyl groups excluding tert-OH is 1. The predicted molar refractivity (Wildman–Crippen MR) is 135 cm³/mol. The van der Waals surface area contributed by atoms with Gasteiger partial charge < -0.3 is 16.2 Å². The predicted octanol–water partition coefficient (Wildman–Crippen LogP) is 4.17. The van der Waals surface area contributed by atoms with Gasteiger partial charge in [-0.2, -0.15) is 0 Å². The van der Waals surface area contributed by atoms with Crippen LogP contribution in [0.4, 0.5) is 10.3 Å². The highest BCUT2D eigenvalue weighted by atomic mass is 19.1. The molecule has 7 heteroatoms. The molecule has 0 bridgehead atoms. The second-order valence-electron chi connectivity index (χ2n) is 9.52. The van der Waals surface area contributed by atoms with Crippen LogP contribution in [0.15, 0.2) is 60.7 Å². The standard InChI is InChI=1S/C28H28FN5O/c29-20-7-5-19(16-34-11-9-21(35)10-12-34)23(14-20)17-6-8-25-24(13-17)27(33-28(30)32-25)26-22-4-2-1-3-18(22)15-31-26/h1-8,13-14,21,26,31,35H,9-12,15-16H2,(H2,30,32,33). The van der Waals surface area contributed by atoms with Gasteiger partial charge in [-0.15, -0.1) is 0 Å². The number of rotatable bonds is 4. The Hall–Kier alpha value is -3.39. The smallest absolute Gasteiger partial charge is 0.220 e. The molecule has 1 fully saturated rings. The third-order valence-electron chi connectivity index (χ3n) is 7.21. The van der Waals surface area contributed by atoms with E-state index in [9.17, 15) is 9.50 Å². The Bertz CT molecular complexity index is 1400. The van der Waals surface area contributed by atoms with Crippen LogP contribution in [0.25, 0.3) is 22.0 Å². The number of anilines is 1. The zero-order valence-electron chi connectivity index (χ0n) is 19.4. The fourth-order valence-electron chi connectivity index (χ4n) is 5.37. The molecule has 1 saturated heterocycles. The zero-order chi connectivity index (χ0) is 23.9. The van der Waals surface area contributed by atoms with Gasteiger partial charge in [0.05, 0.1) is 23.4 Å². The molecular formula is C28H28FN5O. The molecular weight excluding hydrogens is 441 g/mol. The minimum atomic E-state index is -0.266. The summed E-state index contributed by atoms with van der Waals surface area (Å²) in [6, 6.07) is 19.2. The molecule has 2 aliphatic rings. The third kappa shape index (κ3) is 4.27. The number of nitrogens with one attached hydrogen (secondary N) is 1. The van der Waals surface area contributed by atoms with Crippen LogP contribution >= 0.6 is 0 Å². The molecule has 0 amide bonds. The Balaban J connectivity index is 1.43. The number of nitrogens with zero attached hydrogens (tertiary/aromatic N) is 3. The highest BCUT2D eigenvalue weighted by Crippen LogP contribution is 2.36. The van der Waals surface area contributed by atoms with Crippen molar-refractivity contribution in [2.75, 3.05) is 18.8 Å². The first-order chi connectivity index (χ1) is 17.0. The zero-order valence-corrected chi connectivity index (χ0v) is 19.4. The summed E-state index contributed by atoms with van der Waals surface area (Å²) in [7, 11) is 0. The van der Waals surface area contributed by atoms with Gasteiger partial charge in [0.1, 0.15) is 5.82 Å². The van der Waals surface area contributed by atoms with Crippen LogP contribution in [0, 0.1) is 5.82 Å². The van der Waals surface area contributed by atoms with Gasteiger partial charge in [-0.3, -0.25) is 4.90 Å². The Morgan fingerprint density at radius 2 is 1.86 bits per heavy atom. The number of hydrogen-bond donors (Lipinski definition) is 3. The van der Waals surface area contributed by atoms with Crippen molar-refractivity contribution in [3.05, 3.63) is 88.9 Å². The van der Waals surface area contributed by atoms with Crippen molar-refractivity contribution in [1.82, 2.24) is 20.2 Å². The summed E-state index contributed by atoms with van der Waals surface area (Å²) in [5, 5.41) is 14.3. The summed E-state index contributed by atoms with van der Waals surface area (Å²) >= 11 is 0. The van der Waals surface area contributed by atoms with Crippen LogP contribution in [-0.2, 0) is 13.1 Å². The van der Waals surface area contributed by atoms with E-state index in [2.05, 4.69) is 38.4 Å². The molecule has 4 aromatic rings. The van der Waals surface area contributed by atoms with Crippen LogP contribution in [0.3, 0.4) is 0 Å². The van der Waals surface area contributed by atoms with Crippen molar-refractivity contribution >= 4 is 16.9 Å². The van der Waals surface area contributed by atoms with Crippen LogP contribution in [0.1, 0.15) is 41.3 Å². The average molecular weight is 470 g/mol. The summed E-state index contributed by atoms with van der Waals surface area (Å²) in [6.07, 6.45) is 1.31. The van der Waals surface area contributed by atoms with Gasteiger partial charge in [0.15, 0.2) is 0 Å². The average Bonchev–Trinajstić information content (AvgIpc) is 3.30. The van der Waals surface area contributed by atoms with Gasteiger partial charge in [0, 0.05) is 31.6 Å². The SMILES string of the molecule is Nc1nc(C2NCc3ccccc32)c2cc(-c3cc(F)ccc3CN3CCC(O)CC3)ccc2n1. The van der Waals surface area contributed by atoms with Crippen LogP contribution in [0.2, 0.25) is 0 Å². The Kier molecular flexibility index (Phi) is 5.68. The van der Waals surface area contributed by atoms with Gasteiger partial charge in [-0.05, 0) is 64.9 Å². The maximum atomic E-state index is 14.4. The summed E-state index contributed by atoms with van der Waals surface area (Å²) in [4.78, 5) is 11.4. The second-order valence-corrected chi connectivity index (χ2v) is 9.52. The number of benzene rings is 3. The monoisotopic (exact) mass is 469 g/mol. The molecule has 4 N–H and O–H groups in total. The van der Waals surface area contributed by atoms with Crippen molar-refractivity contribution in [3.63, 3.8) is 0 Å². The first-order valence-electron chi connectivity index (χ1n) is 12.1. The van der Waals surface area contributed by atoms with E-state index in [1.54, 1.807) is 6.07 Å². The molecule has 1 atom stereocenters. The molecule has 1 aromatic heterocycles. The van der Waals surface area contributed by atoms with E-state index < -0.39 is 0 Å². The summed E-state index contributed by atoms with van der Waals surface area (Å²) < 4.78 is 14.4. The highest BCUT2D eigenvalue weighted by Gasteiger charge is 2.27. The number of aliphatic hydroxyl groups is 1. The molecule has 3 heterocycles. The minimum Gasteiger partial charge on any atom is -0.393 e. The third-order valence-corrected chi connectivity index (χ3v) is 7.21. The lowest BCUT2D eigenvalue weighted by atomic mass is 9.94. The van der Waals surface area contributed by atoms with Gasteiger partial charge in [0.25, 0.3) is 0 Å². The molecule has 0 spiro atoms. The van der Waals surface area contributed by atoms with E-state index in [1.807, 2.05) is 30.3 Å². The first-order valence-corrected chi connectivity index (χ1v) is 12.1. The minimum absolute atomic E-state index is 0.0824. The van der Waals surface area contributed by atoms with Crippen molar-refractivity contribution in [2.45, 2.75) is 38.1 Å². The number of fused-ring (bicyclic) bond motifs is 2. The molecule has 2 aliphatic heterocycles. The van der Waals surface area contributed by atoms with Gasteiger partial charge in [-0.1, -0.05) is 36.4 Å². The largest absolute Gasteiger partial charge is 0.393 e. The lowest BCUT2D eigenvalue weighted by Crippen LogP contribution is -2.35. The topological polar surface area (TPSA) is 87.3 Å². The summed E-state index contributed by atoms with van der Waals surface area (Å²) in [5.41, 5.74) is 13.0. The molecule has 6 rings (SSSR count). The van der Waals surface area contributed by atoms with Gasteiger partial charge in [0.2, 0.25) is 5.95 Å². The molecule has 35 heavy (non-hydrogen) atoms. The molecule has 0 aliphatic carbocycles. The molecule has 6 nitrogen and oxygen atoms in total. The maximum Gasteiger partial charge on any atom is 0.220 e. The Labute approximate surface area is 203 Å². The highest BCUT2D eigenvalue weighted by molar-refractivity contribution is 5.88. The van der Waals surface area contributed by atoms with E-state index in [0.717, 1.165) is 65.8 Å². The van der Waals surface area contributed by atoms with Crippen molar-refractivity contribution in [1.29, 1.82) is 0 Å². The normalized spacial score (nSPS) is 18.7. The Morgan fingerprint density at radius 3 is 2.71 bits per heavy atom. The van der Waals surface area contributed by atoms with Crippen molar-refractivity contribution in [3.8, 4) is 11.1 Å². The molecule has 1 unspecified atom stereocenters. The number of aromatic nitrogens is 2. The van der Waals surface area contributed by atoms with E-state index in [0.29, 0.717) is 6.54 Å². The maximum absolute atomic E-state index is 14.4. The lowest BCUT2D eigenvalue weighted by molar-refractivity contribution is 0.0793. The van der Waals surface area contributed by atoms with Crippen LogP contribution in [-0.4, -0.2) is 39.2 Å². The van der Waals surface area contributed by atoms with Gasteiger partial charge >= 0.3 is 0 Å². The van der Waals surface area contributed by atoms with E-state index in [4.69, 9.17) is 5.73 Å². The number of halogens is 1. The number of nitrogens with two attached hydrogens (primary N) is 1. The quantitative estimate of drug-likeness (QED) is 0.416. The number of piperidine rings is 1. The van der Waals surface area contributed by atoms with Crippen LogP contribution < -0.4 is 11.1 Å². The molecule has 3 aromatic carbocycles.